The van der Waals surface area contributed by atoms with Crippen molar-refractivity contribution in [3.8, 4) is 5.75 Å². The molecule has 52 valence electrons. The number of hydrogen-bond donors (Lipinski definition) is 1. The number of rotatable bonds is 1. The predicted molar refractivity (Wildman–Crippen MR) is 36.5 cm³/mol. The van der Waals surface area contributed by atoms with Crippen LogP contribution >= 0.6 is 0 Å². The Bertz CT molecular complexity index is 238. The first kappa shape index (κ1) is 6.61. The number of carboxylic acid groups (broad SMARTS) is 1. The second-order valence-corrected chi connectivity index (χ2v) is 1.88. The van der Waals surface area contributed by atoms with Gasteiger partial charge in [0.15, 0.2) is 0 Å². The zero-order chi connectivity index (χ0) is 7.56. The Labute approximate surface area is 57.5 Å². The summed E-state index contributed by atoms with van der Waals surface area (Å²) in [5.41, 5.74) is 0.219. The Hall–Kier alpha value is -1.51. The van der Waals surface area contributed by atoms with Gasteiger partial charge in [-0.25, -0.2) is 4.79 Å². The molecular weight excluding hydrogens is 132 g/mol. The van der Waals surface area contributed by atoms with E-state index in [4.69, 9.17) is 10.2 Å². The van der Waals surface area contributed by atoms with Crippen molar-refractivity contribution in [2.45, 2.75) is 0 Å². The molecule has 10 heavy (non-hydrogen) atoms. The van der Waals surface area contributed by atoms with Crippen LogP contribution in [0.5, 0.6) is 5.75 Å². The number of aromatic carboxylic acids is 1. The van der Waals surface area contributed by atoms with E-state index in [0.29, 0.717) is 5.75 Å². The molecule has 0 aromatic heterocycles. The summed E-state index contributed by atoms with van der Waals surface area (Å²) in [5, 5.41) is 15.5. The molecule has 0 bridgehead atoms. The van der Waals surface area contributed by atoms with Gasteiger partial charge in [0.05, 0.1) is 5.56 Å². The van der Waals surface area contributed by atoms with Crippen LogP contribution in [0.2, 0.25) is 0 Å². The van der Waals surface area contributed by atoms with Crippen LogP contribution in [0.15, 0.2) is 24.3 Å². The highest BCUT2D eigenvalue weighted by Crippen LogP contribution is 2.08. The topological polar surface area (TPSA) is 60.2 Å². The molecule has 1 aromatic carbocycles. The lowest BCUT2D eigenvalue weighted by atomic mass is 10.2. The van der Waals surface area contributed by atoms with Gasteiger partial charge in [-0.2, -0.15) is 0 Å². The maximum atomic E-state index is 10.3. The SMILES string of the molecule is O=C(O)c1ccc([OH2+])cc1. The van der Waals surface area contributed by atoms with E-state index in [2.05, 4.69) is 0 Å². The van der Waals surface area contributed by atoms with Crippen molar-refractivity contribution in [2.75, 3.05) is 0 Å². The van der Waals surface area contributed by atoms with Crippen molar-refractivity contribution in [3.63, 3.8) is 0 Å². The molecule has 0 atom stereocenters. The summed E-state index contributed by atoms with van der Waals surface area (Å²) in [6.45, 7) is 0. The summed E-state index contributed by atoms with van der Waals surface area (Å²) in [6.07, 6.45) is 0. The smallest absolute Gasteiger partial charge is 0.335 e. The fourth-order valence-corrected chi connectivity index (χ4v) is 0.613. The molecule has 1 rings (SSSR count). The quantitative estimate of drug-likeness (QED) is 0.585. The molecule has 3 nitrogen and oxygen atoms in total. The summed E-state index contributed by atoms with van der Waals surface area (Å²) < 4.78 is 0. The van der Waals surface area contributed by atoms with Crippen molar-refractivity contribution in [3.05, 3.63) is 29.8 Å². The molecule has 0 aliphatic carbocycles. The van der Waals surface area contributed by atoms with Crippen LogP contribution in [0.4, 0.5) is 0 Å². The van der Waals surface area contributed by atoms with Gasteiger partial charge in [0, 0.05) is 12.1 Å². The summed E-state index contributed by atoms with van der Waals surface area (Å²) >= 11 is 0. The molecule has 0 fully saturated rings. The Kier molecular flexibility index (Phi) is 1.58. The molecule has 0 aliphatic rings. The molecule has 0 spiro atoms. The van der Waals surface area contributed by atoms with E-state index >= 15 is 0 Å². The van der Waals surface area contributed by atoms with E-state index in [1.165, 1.54) is 24.3 Å². The standard InChI is InChI=1S/C7H6O3/c8-6-3-1-5(2-4-6)7(9)10/h1-4,8H,(H,9,10)/p+1. The van der Waals surface area contributed by atoms with Gasteiger partial charge < -0.3 is 10.2 Å². The van der Waals surface area contributed by atoms with E-state index in [0.717, 1.165) is 0 Å². The van der Waals surface area contributed by atoms with Gasteiger partial charge in [0.2, 0.25) is 0 Å². The number of benzene rings is 1. The molecule has 3 heteroatoms. The third-order valence-corrected chi connectivity index (χ3v) is 1.13. The minimum absolute atomic E-state index is 0.219. The fourth-order valence-electron chi connectivity index (χ4n) is 0.613. The minimum atomic E-state index is -0.958. The second-order valence-electron chi connectivity index (χ2n) is 1.88. The first-order chi connectivity index (χ1) is 4.70. The largest absolute Gasteiger partial charge is 0.593 e. The van der Waals surface area contributed by atoms with Gasteiger partial charge >= 0.3 is 5.97 Å². The lowest BCUT2D eigenvalue weighted by Gasteiger charge is -1.90. The molecule has 0 saturated heterocycles. The third-order valence-electron chi connectivity index (χ3n) is 1.13. The zero-order valence-corrected chi connectivity index (χ0v) is 5.16. The van der Waals surface area contributed by atoms with Crippen LogP contribution in [0.3, 0.4) is 0 Å². The van der Waals surface area contributed by atoms with Gasteiger partial charge in [0.25, 0.3) is 5.75 Å². The predicted octanol–water partition coefficient (Wildman–Crippen LogP) is 0.823. The summed E-state index contributed by atoms with van der Waals surface area (Å²) in [5.74, 6) is -0.634. The van der Waals surface area contributed by atoms with Crippen LogP contribution in [0.25, 0.3) is 0 Å². The number of hydrogen-bond acceptors (Lipinski definition) is 1. The highest BCUT2D eigenvalue weighted by Gasteiger charge is 2.01. The van der Waals surface area contributed by atoms with Crippen molar-refractivity contribution in [1.82, 2.24) is 0 Å². The summed E-state index contributed by atoms with van der Waals surface area (Å²) in [7, 11) is 0. The van der Waals surface area contributed by atoms with Gasteiger partial charge in [0.1, 0.15) is 0 Å². The highest BCUT2D eigenvalue weighted by atomic mass is 16.4. The van der Waals surface area contributed by atoms with E-state index < -0.39 is 5.97 Å². The Morgan fingerprint density at radius 2 is 1.80 bits per heavy atom. The van der Waals surface area contributed by atoms with Crippen LogP contribution < -0.4 is 0 Å². The van der Waals surface area contributed by atoms with E-state index in [9.17, 15) is 4.79 Å². The molecule has 1 aromatic rings. The molecule has 3 N–H and O–H groups in total. The normalized spacial score (nSPS) is 9.20. The number of carbonyl (C=O) groups is 1. The molecule has 0 amide bonds. The van der Waals surface area contributed by atoms with Crippen LogP contribution in [0, 0.1) is 0 Å². The molecular formula is C7H7O3+. The average molecular weight is 139 g/mol. The summed E-state index contributed by atoms with van der Waals surface area (Å²) in [6, 6.07) is 5.71. The summed E-state index contributed by atoms with van der Waals surface area (Å²) in [4.78, 5) is 10.3. The number of carboxylic acids is 1. The maximum absolute atomic E-state index is 10.3. The maximum Gasteiger partial charge on any atom is 0.335 e. The van der Waals surface area contributed by atoms with E-state index in [1.807, 2.05) is 0 Å². The third kappa shape index (κ3) is 1.25. The fraction of sp³-hybridized carbons (Fsp3) is 0. The molecule has 0 radical (unpaired) electrons. The second kappa shape index (κ2) is 2.39. The highest BCUT2D eigenvalue weighted by molar-refractivity contribution is 5.87. The van der Waals surface area contributed by atoms with Crippen molar-refractivity contribution < 1.29 is 15.0 Å². The van der Waals surface area contributed by atoms with Gasteiger partial charge in [-0.3, -0.25) is 0 Å². The van der Waals surface area contributed by atoms with E-state index in [1.54, 1.807) is 0 Å². The average Bonchev–Trinajstić information content (AvgIpc) is 1.88. The lowest BCUT2D eigenvalue weighted by molar-refractivity contribution is 0.0697. The first-order valence-electron chi connectivity index (χ1n) is 2.75. The monoisotopic (exact) mass is 139 g/mol. The minimum Gasteiger partial charge on any atom is -0.593 e. The van der Waals surface area contributed by atoms with Crippen LogP contribution in [-0.2, 0) is 0 Å². The first-order valence-corrected chi connectivity index (χ1v) is 2.75. The van der Waals surface area contributed by atoms with Gasteiger partial charge in [-0.15, -0.1) is 0 Å². The molecule has 0 unspecified atom stereocenters. The molecule has 0 saturated carbocycles. The van der Waals surface area contributed by atoms with Crippen molar-refractivity contribution in [2.24, 2.45) is 0 Å². The van der Waals surface area contributed by atoms with Crippen LogP contribution in [-0.4, -0.2) is 16.2 Å². The molecule has 0 aliphatic heterocycles. The van der Waals surface area contributed by atoms with Crippen LogP contribution in [0.1, 0.15) is 10.4 Å². The zero-order valence-electron chi connectivity index (χ0n) is 5.16. The Morgan fingerprint density at radius 3 is 2.20 bits per heavy atom. The van der Waals surface area contributed by atoms with Gasteiger partial charge in [-0.05, 0) is 12.1 Å². The Balaban J connectivity index is 3.00. The Morgan fingerprint density at radius 1 is 1.30 bits per heavy atom. The van der Waals surface area contributed by atoms with Crippen molar-refractivity contribution in [1.29, 1.82) is 0 Å². The lowest BCUT2D eigenvalue weighted by Crippen LogP contribution is -1.93. The van der Waals surface area contributed by atoms with E-state index in [-0.39, 0.29) is 5.56 Å². The van der Waals surface area contributed by atoms with Gasteiger partial charge in [-0.1, -0.05) is 0 Å². The van der Waals surface area contributed by atoms with Crippen molar-refractivity contribution >= 4 is 5.97 Å². The molecule has 0 heterocycles.